The maximum absolute atomic E-state index is 2.37. The average molecular weight is 529 g/mol. The maximum Gasteiger partial charge on any atom is 4.00 e. The summed E-state index contributed by atoms with van der Waals surface area (Å²) >= 11 is 0. The van der Waals surface area contributed by atoms with Gasteiger partial charge in [0.05, 0.1) is 0 Å². The Hall–Kier alpha value is 1.04. The van der Waals surface area contributed by atoms with E-state index in [4.69, 9.17) is 0 Å². The molecule has 1 unspecified atom stereocenters. The number of allylic oxidation sites excluding steroid dienone is 4. The SMILES string of the molecule is C1=CCC2CC[CH-]C2=C1.[I-].[I-].[Zr+4].c1cc[cH-]c1. The summed E-state index contributed by atoms with van der Waals surface area (Å²) in [5.41, 5.74) is 1.58. The van der Waals surface area contributed by atoms with Gasteiger partial charge >= 0.3 is 26.2 Å². The number of rotatable bonds is 0. The van der Waals surface area contributed by atoms with Crippen LogP contribution < -0.4 is 48.0 Å². The van der Waals surface area contributed by atoms with Crippen molar-refractivity contribution in [3.8, 4) is 0 Å². The van der Waals surface area contributed by atoms with Crippen molar-refractivity contribution in [2.75, 3.05) is 0 Å². The second-order valence-corrected chi connectivity index (χ2v) is 3.77. The molecular formula is C14H16I2Zr. The average Bonchev–Trinajstić information content (AvgIpc) is 2.92. The molecule has 0 amide bonds. The zero-order chi connectivity index (χ0) is 9.64. The number of hydrogen-bond acceptors (Lipinski definition) is 0. The Bertz CT molecular complexity index is 298. The molecule has 17 heavy (non-hydrogen) atoms. The zero-order valence-electron chi connectivity index (χ0n) is 9.65. The molecule has 0 heterocycles. The third-order valence-corrected chi connectivity index (χ3v) is 2.77. The van der Waals surface area contributed by atoms with Gasteiger partial charge in [-0.15, -0.1) is 18.6 Å². The molecule has 90 valence electrons. The smallest absolute Gasteiger partial charge is 1.00 e. The van der Waals surface area contributed by atoms with E-state index >= 15 is 0 Å². The number of fused-ring (bicyclic) bond motifs is 1. The molecule has 1 aromatic rings. The van der Waals surface area contributed by atoms with Crippen molar-refractivity contribution in [2.24, 2.45) is 5.92 Å². The van der Waals surface area contributed by atoms with Gasteiger partial charge < -0.3 is 48.0 Å². The summed E-state index contributed by atoms with van der Waals surface area (Å²) < 4.78 is 0. The van der Waals surface area contributed by atoms with E-state index in [1.54, 1.807) is 5.57 Å². The van der Waals surface area contributed by atoms with Crippen LogP contribution >= 0.6 is 0 Å². The fraction of sp³-hybridized carbons (Fsp3) is 0.286. The van der Waals surface area contributed by atoms with Crippen LogP contribution in [0.1, 0.15) is 19.3 Å². The molecule has 2 aliphatic carbocycles. The van der Waals surface area contributed by atoms with Gasteiger partial charge in [0.2, 0.25) is 0 Å². The van der Waals surface area contributed by atoms with Gasteiger partial charge in [0.1, 0.15) is 0 Å². The Morgan fingerprint density at radius 2 is 1.82 bits per heavy atom. The van der Waals surface area contributed by atoms with Gasteiger partial charge in [-0.05, 0) is 12.3 Å². The topological polar surface area (TPSA) is 0 Å². The summed E-state index contributed by atoms with van der Waals surface area (Å²) in [5.74, 6) is 0.884. The molecule has 0 aromatic heterocycles. The summed E-state index contributed by atoms with van der Waals surface area (Å²) in [7, 11) is 0. The molecular weight excluding hydrogens is 513 g/mol. The molecule has 1 saturated carbocycles. The van der Waals surface area contributed by atoms with Crippen molar-refractivity contribution in [3.63, 3.8) is 0 Å². The zero-order valence-corrected chi connectivity index (χ0v) is 16.4. The van der Waals surface area contributed by atoms with E-state index in [1.165, 1.54) is 19.3 Å². The normalized spacial score (nSPS) is 18.8. The maximum atomic E-state index is 2.37. The Kier molecular flexibility index (Phi) is 14.5. The Morgan fingerprint density at radius 1 is 1.12 bits per heavy atom. The van der Waals surface area contributed by atoms with Gasteiger partial charge in [0.15, 0.2) is 0 Å². The molecule has 0 nitrogen and oxygen atoms in total. The van der Waals surface area contributed by atoms with E-state index < -0.39 is 0 Å². The Morgan fingerprint density at radius 3 is 2.35 bits per heavy atom. The van der Waals surface area contributed by atoms with Gasteiger partial charge in [0, 0.05) is 0 Å². The summed E-state index contributed by atoms with van der Waals surface area (Å²) in [4.78, 5) is 0. The van der Waals surface area contributed by atoms with Crippen molar-refractivity contribution >= 4 is 0 Å². The Balaban J connectivity index is 0. The van der Waals surface area contributed by atoms with Crippen molar-refractivity contribution in [1.82, 2.24) is 0 Å². The van der Waals surface area contributed by atoms with Gasteiger partial charge in [-0.2, -0.15) is 18.2 Å². The van der Waals surface area contributed by atoms with Crippen LogP contribution in [0.2, 0.25) is 0 Å². The van der Waals surface area contributed by atoms with Crippen molar-refractivity contribution in [3.05, 3.63) is 60.6 Å². The molecule has 0 saturated heterocycles. The first kappa shape index (κ1) is 20.4. The van der Waals surface area contributed by atoms with Crippen LogP contribution in [0.15, 0.2) is 54.1 Å². The van der Waals surface area contributed by atoms with Gasteiger partial charge in [-0.1, -0.05) is 6.42 Å². The van der Waals surface area contributed by atoms with E-state index in [1.807, 2.05) is 30.3 Å². The van der Waals surface area contributed by atoms with Crippen LogP contribution in [0.25, 0.3) is 0 Å². The first-order chi connectivity index (χ1) is 6.97. The largest absolute Gasteiger partial charge is 4.00 e. The van der Waals surface area contributed by atoms with Crippen LogP contribution in [0.4, 0.5) is 0 Å². The predicted molar refractivity (Wildman–Crippen MR) is 60.9 cm³/mol. The first-order valence-electron chi connectivity index (χ1n) is 5.33. The first-order valence-corrected chi connectivity index (χ1v) is 5.33. The molecule has 1 fully saturated rings. The van der Waals surface area contributed by atoms with E-state index in [0.717, 1.165) is 5.92 Å². The summed E-state index contributed by atoms with van der Waals surface area (Å²) in [6.07, 6.45) is 13.0. The summed E-state index contributed by atoms with van der Waals surface area (Å²) in [6, 6.07) is 10.0. The minimum absolute atomic E-state index is 0. The fourth-order valence-electron chi connectivity index (χ4n) is 1.99. The number of hydrogen-bond donors (Lipinski definition) is 0. The molecule has 2 aliphatic rings. The quantitative estimate of drug-likeness (QED) is 0.267. The van der Waals surface area contributed by atoms with Crippen molar-refractivity contribution in [1.29, 1.82) is 0 Å². The molecule has 1 aromatic carbocycles. The van der Waals surface area contributed by atoms with Gasteiger partial charge in [-0.3, -0.25) is 0 Å². The van der Waals surface area contributed by atoms with Crippen molar-refractivity contribution in [2.45, 2.75) is 19.3 Å². The van der Waals surface area contributed by atoms with Crippen LogP contribution in [0.5, 0.6) is 0 Å². The molecule has 0 spiro atoms. The third kappa shape index (κ3) is 7.26. The second kappa shape index (κ2) is 12.1. The van der Waals surface area contributed by atoms with Crippen LogP contribution in [0, 0.1) is 12.3 Å². The molecule has 0 aliphatic heterocycles. The van der Waals surface area contributed by atoms with E-state index in [0.29, 0.717) is 0 Å². The monoisotopic (exact) mass is 528 g/mol. The number of halogens is 2. The van der Waals surface area contributed by atoms with Gasteiger partial charge in [-0.25, -0.2) is 30.2 Å². The minimum Gasteiger partial charge on any atom is -1.00 e. The molecule has 3 rings (SSSR count). The summed E-state index contributed by atoms with van der Waals surface area (Å²) in [6.45, 7) is 0. The van der Waals surface area contributed by atoms with E-state index in [-0.39, 0.29) is 74.2 Å². The van der Waals surface area contributed by atoms with Crippen LogP contribution in [0.3, 0.4) is 0 Å². The van der Waals surface area contributed by atoms with Crippen LogP contribution in [-0.4, -0.2) is 0 Å². The third-order valence-electron chi connectivity index (χ3n) is 2.77. The molecule has 0 bridgehead atoms. The van der Waals surface area contributed by atoms with Gasteiger partial charge in [0.25, 0.3) is 0 Å². The van der Waals surface area contributed by atoms with E-state index in [2.05, 4.69) is 24.6 Å². The van der Waals surface area contributed by atoms with Crippen molar-refractivity contribution < 1.29 is 74.2 Å². The standard InChI is InChI=1S/C9H11.C5H5.2HI.Zr/c1-2-5-9-7-3-6-8(9)4-1;1-2-4-5-3-1;;;/h1-2,4,6,9H,3,5,7H2;1-5H;2*1H;/q2*-1;;;+4/p-2. The fourth-order valence-corrected chi connectivity index (χ4v) is 1.99. The van der Waals surface area contributed by atoms with Crippen LogP contribution in [-0.2, 0) is 26.2 Å². The predicted octanol–water partition coefficient (Wildman–Crippen LogP) is -2.10. The van der Waals surface area contributed by atoms with E-state index in [9.17, 15) is 0 Å². The molecule has 0 radical (unpaired) electrons. The molecule has 3 heteroatoms. The molecule has 0 N–H and O–H groups in total. The Labute approximate surface area is 158 Å². The second-order valence-electron chi connectivity index (χ2n) is 3.77. The summed E-state index contributed by atoms with van der Waals surface area (Å²) in [5, 5.41) is 0. The molecule has 1 atom stereocenters. The minimum atomic E-state index is 0.